The minimum absolute atomic E-state index is 0.0820. The molecule has 0 aliphatic carbocycles. The van der Waals surface area contributed by atoms with Gasteiger partial charge < -0.3 is 15.0 Å². The molecule has 2 aromatic rings. The quantitative estimate of drug-likeness (QED) is 0.907. The van der Waals surface area contributed by atoms with E-state index in [-0.39, 0.29) is 18.6 Å². The van der Waals surface area contributed by atoms with Gasteiger partial charge >= 0.3 is 0 Å². The average molecular weight is 275 g/mol. The number of aromatic nitrogens is 2. The molecule has 5 heteroatoms. The van der Waals surface area contributed by atoms with Gasteiger partial charge in [-0.05, 0) is 19.9 Å². The second-order valence-corrected chi connectivity index (χ2v) is 5.32. The zero-order valence-corrected chi connectivity index (χ0v) is 12.4. The van der Waals surface area contributed by atoms with E-state index in [2.05, 4.69) is 10.1 Å². The molecule has 0 radical (unpaired) electrons. The fourth-order valence-corrected chi connectivity index (χ4v) is 1.86. The van der Waals surface area contributed by atoms with E-state index in [9.17, 15) is 0 Å². The highest BCUT2D eigenvalue weighted by Gasteiger charge is 2.12. The Morgan fingerprint density at radius 1 is 1.30 bits per heavy atom. The van der Waals surface area contributed by atoms with E-state index >= 15 is 0 Å². The second-order valence-electron chi connectivity index (χ2n) is 5.32. The molecule has 2 rings (SSSR count). The Morgan fingerprint density at radius 2 is 2.05 bits per heavy atom. The normalized spacial score (nSPS) is 12.7. The van der Waals surface area contributed by atoms with Crippen LogP contribution in [-0.4, -0.2) is 10.1 Å². The third-order valence-electron chi connectivity index (χ3n) is 2.99. The van der Waals surface area contributed by atoms with Gasteiger partial charge in [0.1, 0.15) is 5.75 Å². The molecular formula is C15H21N3O2. The van der Waals surface area contributed by atoms with Crippen molar-refractivity contribution in [2.24, 2.45) is 5.73 Å². The van der Waals surface area contributed by atoms with Gasteiger partial charge in [0.25, 0.3) is 0 Å². The number of rotatable bonds is 5. The summed E-state index contributed by atoms with van der Waals surface area (Å²) >= 11 is 0. The van der Waals surface area contributed by atoms with E-state index < -0.39 is 0 Å². The molecule has 108 valence electrons. The fraction of sp³-hybridized carbons (Fsp3) is 0.467. The zero-order chi connectivity index (χ0) is 14.7. The standard InChI is InChI=1S/C15H21N3O2/c1-9(2)15-17-14(18-20-15)8-19-13-6-5-10(3)7-12(13)11(4)16/h5-7,9,11H,8,16H2,1-4H3/t11-/m0/s1. The van der Waals surface area contributed by atoms with Crippen molar-refractivity contribution in [1.29, 1.82) is 0 Å². The van der Waals surface area contributed by atoms with Crippen molar-refractivity contribution in [2.45, 2.75) is 46.3 Å². The molecule has 0 unspecified atom stereocenters. The van der Waals surface area contributed by atoms with Crippen LogP contribution in [0.4, 0.5) is 0 Å². The molecule has 0 amide bonds. The first-order chi connectivity index (χ1) is 9.47. The van der Waals surface area contributed by atoms with Gasteiger partial charge in [-0.2, -0.15) is 4.98 Å². The first kappa shape index (κ1) is 14.5. The van der Waals surface area contributed by atoms with Crippen LogP contribution in [0.5, 0.6) is 5.75 Å². The molecule has 1 aromatic heterocycles. The van der Waals surface area contributed by atoms with Crippen molar-refractivity contribution in [3.63, 3.8) is 0 Å². The molecule has 0 saturated carbocycles. The van der Waals surface area contributed by atoms with Crippen molar-refractivity contribution < 1.29 is 9.26 Å². The summed E-state index contributed by atoms with van der Waals surface area (Å²) in [5.74, 6) is 2.15. The van der Waals surface area contributed by atoms with E-state index in [1.807, 2.05) is 45.9 Å². The largest absolute Gasteiger partial charge is 0.485 e. The predicted molar refractivity (Wildman–Crippen MR) is 76.5 cm³/mol. The number of aryl methyl sites for hydroxylation is 1. The van der Waals surface area contributed by atoms with Crippen LogP contribution in [0.1, 0.15) is 55.6 Å². The van der Waals surface area contributed by atoms with Crippen molar-refractivity contribution in [3.8, 4) is 5.75 Å². The van der Waals surface area contributed by atoms with E-state index in [0.29, 0.717) is 11.7 Å². The summed E-state index contributed by atoms with van der Waals surface area (Å²) in [6.45, 7) is 8.26. The molecule has 5 nitrogen and oxygen atoms in total. The first-order valence-corrected chi connectivity index (χ1v) is 6.78. The molecular weight excluding hydrogens is 254 g/mol. The summed E-state index contributed by atoms with van der Waals surface area (Å²) in [7, 11) is 0. The lowest BCUT2D eigenvalue weighted by Crippen LogP contribution is -2.09. The fourth-order valence-electron chi connectivity index (χ4n) is 1.86. The molecule has 0 aliphatic rings. The van der Waals surface area contributed by atoms with Gasteiger partial charge in [0.05, 0.1) is 0 Å². The number of nitrogens with zero attached hydrogens (tertiary/aromatic N) is 2. The van der Waals surface area contributed by atoms with Crippen molar-refractivity contribution in [1.82, 2.24) is 10.1 Å². The highest BCUT2D eigenvalue weighted by atomic mass is 16.5. The van der Waals surface area contributed by atoms with Crippen LogP contribution in [0.3, 0.4) is 0 Å². The molecule has 0 aliphatic heterocycles. The molecule has 1 atom stereocenters. The maximum atomic E-state index is 5.97. The zero-order valence-electron chi connectivity index (χ0n) is 12.4. The third kappa shape index (κ3) is 3.36. The molecule has 1 aromatic carbocycles. The van der Waals surface area contributed by atoms with Gasteiger partial charge in [0, 0.05) is 17.5 Å². The highest BCUT2D eigenvalue weighted by molar-refractivity contribution is 5.38. The Morgan fingerprint density at radius 3 is 2.65 bits per heavy atom. The number of hydrogen-bond acceptors (Lipinski definition) is 5. The highest BCUT2D eigenvalue weighted by Crippen LogP contribution is 2.25. The van der Waals surface area contributed by atoms with Gasteiger partial charge in [-0.3, -0.25) is 0 Å². The average Bonchev–Trinajstić information content (AvgIpc) is 2.86. The van der Waals surface area contributed by atoms with Gasteiger partial charge in [-0.1, -0.05) is 36.7 Å². The molecule has 0 fully saturated rings. The number of nitrogens with two attached hydrogens (primary N) is 1. The Hall–Kier alpha value is -1.88. The molecule has 2 N–H and O–H groups in total. The first-order valence-electron chi connectivity index (χ1n) is 6.78. The van der Waals surface area contributed by atoms with Crippen LogP contribution < -0.4 is 10.5 Å². The maximum Gasteiger partial charge on any atom is 0.229 e. The van der Waals surface area contributed by atoms with Crippen LogP contribution in [0.25, 0.3) is 0 Å². The number of benzene rings is 1. The number of hydrogen-bond donors (Lipinski definition) is 1. The lowest BCUT2D eigenvalue weighted by molar-refractivity contribution is 0.280. The lowest BCUT2D eigenvalue weighted by atomic mass is 10.1. The third-order valence-corrected chi connectivity index (χ3v) is 2.99. The van der Waals surface area contributed by atoms with Crippen molar-refractivity contribution in [3.05, 3.63) is 41.0 Å². The molecule has 20 heavy (non-hydrogen) atoms. The SMILES string of the molecule is Cc1ccc(OCc2noc(C(C)C)n2)c([C@H](C)N)c1. The predicted octanol–water partition coefficient (Wildman–Crippen LogP) is 3.10. The molecule has 0 spiro atoms. The van der Waals surface area contributed by atoms with Crippen LogP contribution in [0.2, 0.25) is 0 Å². The second kappa shape index (κ2) is 6.05. The summed E-state index contributed by atoms with van der Waals surface area (Å²) in [4.78, 5) is 4.28. The van der Waals surface area contributed by atoms with Gasteiger partial charge in [0.15, 0.2) is 6.61 Å². The Balaban J connectivity index is 2.10. The van der Waals surface area contributed by atoms with Crippen molar-refractivity contribution >= 4 is 0 Å². The summed E-state index contributed by atoms with van der Waals surface area (Å²) in [6.07, 6.45) is 0. The minimum Gasteiger partial charge on any atom is -0.485 e. The lowest BCUT2D eigenvalue weighted by Gasteiger charge is -2.13. The Bertz CT molecular complexity index is 576. The topological polar surface area (TPSA) is 74.2 Å². The van der Waals surface area contributed by atoms with Crippen LogP contribution >= 0.6 is 0 Å². The van der Waals surface area contributed by atoms with Crippen LogP contribution in [0.15, 0.2) is 22.7 Å². The monoisotopic (exact) mass is 275 g/mol. The van der Waals surface area contributed by atoms with E-state index in [4.69, 9.17) is 15.0 Å². The van der Waals surface area contributed by atoms with Crippen molar-refractivity contribution in [2.75, 3.05) is 0 Å². The smallest absolute Gasteiger partial charge is 0.229 e. The van der Waals surface area contributed by atoms with Gasteiger partial charge in [-0.15, -0.1) is 0 Å². The summed E-state index contributed by atoms with van der Waals surface area (Å²) in [5, 5.41) is 3.90. The van der Waals surface area contributed by atoms with E-state index in [0.717, 1.165) is 16.9 Å². The Kier molecular flexibility index (Phi) is 4.39. The van der Waals surface area contributed by atoms with E-state index in [1.165, 1.54) is 0 Å². The summed E-state index contributed by atoms with van der Waals surface area (Å²) in [6, 6.07) is 5.88. The summed E-state index contributed by atoms with van der Waals surface area (Å²) < 4.78 is 10.9. The summed E-state index contributed by atoms with van der Waals surface area (Å²) in [5.41, 5.74) is 8.11. The number of ether oxygens (including phenoxy) is 1. The minimum atomic E-state index is -0.0820. The molecule has 0 bridgehead atoms. The van der Waals surface area contributed by atoms with Crippen LogP contribution in [0, 0.1) is 6.92 Å². The molecule has 1 heterocycles. The maximum absolute atomic E-state index is 5.97. The van der Waals surface area contributed by atoms with Gasteiger partial charge in [-0.25, -0.2) is 0 Å². The Labute approximate surface area is 119 Å². The van der Waals surface area contributed by atoms with Gasteiger partial charge in [0.2, 0.25) is 11.7 Å². The van der Waals surface area contributed by atoms with Crippen LogP contribution in [-0.2, 0) is 6.61 Å². The molecule has 0 saturated heterocycles. The van der Waals surface area contributed by atoms with E-state index in [1.54, 1.807) is 0 Å².